The number of aromatic nitrogens is 2. The molecular formula is C17H25N3O. The van der Waals surface area contributed by atoms with Crippen molar-refractivity contribution in [2.75, 3.05) is 0 Å². The predicted molar refractivity (Wildman–Crippen MR) is 85.6 cm³/mol. The average molecular weight is 287 g/mol. The zero-order valence-corrected chi connectivity index (χ0v) is 13.3. The van der Waals surface area contributed by atoms with Gasteiger partial charge in [0.25, 0.3) is 0 Å². The summed E-state index contributed by atoms with van der Waals surface area (Å²) in [4.78, 5) is 0. The number of nitrogens with one attached hydrogen (secondary N) is 1. The van der Waals surface area contributed by atoms with E-state index in [0.29, 0.717) is 0 Å². The van der Waals surface area contributed by atoms with Gasteiger partial charge in [0.15, 0.2) is 0 Å². The van der Waals surface area contributed by atoms with Crippen molar-refractivity contribution in [2.45, 2.75) is 52.8 Å². The molecule has 2 unspecified atom stereocenters. The van der Waals surface area contributed by atoms with E-state index >= 15 is 0 Å². The van der Waals surface area contributed by atoms with Crippen LogP contribution >= 0.6 is 0 Å². The molecule has 0 spiro atoms. The smallest absolute Gasteiger partial charge is 0.0648 e. The summed E-state index contributed by atoms with van der Waals surface area (Å²) in [5, 5.41) is 17.5. The van der Waals surface area contributed by atoms with Crippen molar-refractivity contribution in [1.82, 2.24) is 15.1 Å². The molecule has 1 heterocycles. The van der Waals surface area contributed by atoms with Crippen LogP contribution in [0.3, 0.4) is 0 Å². The van der Waals surface area contributed by atoms with Gasteiger partial charge in [0.05, 0.1) is 17.5 Å². The second-order valence-electron chi connectivity index (χ2n) is 5.76. The number of aryl methyl sites for hydroxylation is 1. The average Bonchev–Trinajstić information content (AvgIpc) is 2.72. The van der Waals surface area contributed by atoms with Gasteiger partial charge >= 0.3 is 0 Å². The summed E-state index contributed by atoms with van der Waals surface area (Å²) in [7, 11) is 0. The second-order valence-corrected chi connectivity index (χ2v) is 5.76. The molecule has 0 aliphatic heterocycles. The maximum Gasteiger partial charge on any atom is 0.0648 e. The van der Waals surface area contributed by atoms with Gasteiger partial charge in [0, 0.05) is 23.8 Å². The van der Waals surface area contributed by atoms with Crippen molar-refractivity contribution in [3.8, 4) is 5.69 Å². The van der Waals surface area contributed by atoms with Gasteiger partial charge in [-0.2, -0.15) is 5.10 Å². The van der Waals surface area contributed by atoms with Gasteiger partial charge in [0.2, 0.25) is 0 Å². The van der Waals surface area contributed by atoms with Crippen molar-refractivity contribution in [2.24, 2.45) is 0 Å². The molecule has 2 aromatic rings. The summed E-state index contributed by atoms with van der Waals surface area (Å²) in [5.74, 6) is 0. The van der Waals surface area contributed by atoms with E-state index in [2.05, 4.69) is 36.4 Å². The minimum absolute atomic E-state index is 0.276. The molecule has 2 atom stereocenters. The Labute approximate surface area is 126 Å². The van der Waals surface area contributed by atoms with Crippen LogP contribution in [0.5, 0.6) is 0 Å². The maximum absolute atomic E-state index is 9.43. The van der Waals surface area contributed by atoms with E-state index in [4.69, 9.17) is 0 Å². The summed E-state index contributed by atoms with van der Waals surface area (Å²) in [6.07, 6.45) is 0.479. The molecule has 4 heteroatoms. The number of aliphatic hydroxyl groups excluding tert-OH is 1. The van der Waals surface area contributed by atoms with E-state index < -0.39 is 0 Å². The molecule has 0 fully saturated rings. The third-order valence-corrected chi connectivity index (χ3v) is 3.76. The first-order valence-corrected chi connectivity index (χ1v) is 7.51. The van der Waals surface area contributed by atoms with E-state index in [0.717, 1.165) is 30.0 Å². The lowest BCUT2D eigenvalue weighted by molar-refractivity contribution is 0.170. The van der Waals surface area contributed by atoms with Crippen molar-refractivity contribution in [3.05, 3.63) is 47.3 Å². The Bertz CT molecular complexity index is 575. The molecule has 2 N–H and O–H groups in total. The highest BCUT2D eigenvalue weighted by atomic mass is 16.3. The lowest BCUT2D eigenvalue weighted by Crippen LogP contribution is -2.29. The molecule has 0 radical (unpaired) electrons. The van der Waals surface area contributed by atoms with Gasteiger partial charge in [-0.1, -0.05) is 18.2 Å². The van der Waals surface area contributed by atoms with Crippen molar-refractivity contribution in [3.63, 3.8) is 0 Å². The Morgan fingerprint density at radius 1 is 1.19 bits per heavy atom. The highest BCUT2D eigenvalue weighted by Crippen LogP contribution is 2.17. The second kappa shape index (κ2) is 6.87. The molecule has 2 rings (SSSR count). The number of benzene rings is 1. The van der Waals surface area contributed by atoms with E-state index in [1.165, 1.54) is 5.56 Å². The first-order valence-electron chi connectivity index (χ1n) is 7.51. The first kappa shape index (κ1) is 15.7. The van der Waals surface area contributed by atoms with Crippen molar-refractivity contribution < 1.29 is 5.11 Å². The minimum atomic E-state index is -0.276. The van der Waals surface area contributed by atoms with E-state index in [9.17, 15) is 5.11 Å². The number of aliphatic hydroxyl groups is 1. The number of para-hydroxylation sites is 1. The van der Waals surface area contributed by atoms with Gasteiger partial charge in [-0.15, -0.1) is 0 Å². The number of nitrogens with zero attached hydrogens (tertiary/aromatic N) is 2. The Balaban J connectivity index is 2.13. The Morgan fingerprint density at radius 3 is 2.48 bits per heavy atom. The number of hydrogen-bond acceptors (Lipinski definition) is 3. The zero-order valence-electron chi connectivity index (χ0n) is 13.3. The molecule has 0 saturated heterocycles. The van der Waals surface area contributed by atoms with Gasteiger partial charge in [-0.25, -0.2) is 4.68 Å². The summed E-state index contributed by atoms with van der Waals surface area (Å²) in [6.45, 7) is 8.84. The van der Waals surface area contributed by atoms with Crippen LogP contribution in [0, 0.1) is 13.8 Å². The SMILES string of the molecule is Cc1nn(-c2ccccc2)c(C)c1CNC(C)CC(C)O. The van der Waals surface area contributed by atoms with E-state index in [1.54, 1.807) is 0 Å². The van der Waals surface area contributed by atoms with Crippen LogP contribution in [0.4, 0.5) is 0 Å². The molecule has 0 aliphatic carbocycles. The molecular weight excluding hydrogens is 262 g/mol. The molecule has 0 amide bonds. The Morgan fingerprint density at radius 2 is 1.86 bits per heavy atom. The summed E-state index contributed by atoms with van der Waals surface area (Å²) in [6, 6.07) is 10.5. The van der Waals surface area contributed by atoms with Gasteiger partial charge in [-0.3, -0.25) is 0 Å². The first-order chi connectivity index (χ1) is 9.99. The number of rotatable bonds is 6. The molecule has 1 aromatic carbocycles. The van der Waals surface area contributed by atoms with Crippen LogP contribution in [0.15, 0.2) is 30.3 Å². The predicted octanol–water partition coefficient (Wildman–Crippen LogP) is 2.74. The quantitative estimate of drug-likeness (QED) is 0.859. The summed E-state index contributed by atoms with van der Waals surface area (Å²) >= 11 is 0. The molecule has 0 saturated carbocycles. The lowest BCUT2D eigenvalue weighted by Gasteiger charge is -2.15. The molecule has 1 aromatic heterocycles. The van der Waals surface area contributed by atoms with Crippen LogP contribution in [0.25, 0.3) is 5.69 Å². The van der Waals surface area contributed by atoms with Crippen molar-refractivity contribution in [1.29, 1.82) is 0 Å². The summed E-state index contributed by atoms with van der Waals surface area (Å²) < 4.78 is 1.99. The molecule has 21 heavy (non-hydrogen) atoms. The third-order valence-electron chi connectivity index (χ3n) is 3.76. The monoisotopic (exact) mass is 287 g/mol. The van der Waals surface area contributed by atoms with E-state index in [-0.39, 0.29) is 12.1 Å². The van der Waals surface area contributed by atoms with Crippen LogP contribution in [0.2, 0.25) is 0 Å². The summed E-state index contributed by atoms with van der Waals surface area (Å²) in [5.41, 5.74) is 4.53. The van der Waals surface area contributed by atoms with Crippen LogP contribution in [-0.2, 0) is 6.54 Å². The van der Waals surface area contributed by atoms with Crippen LogP contribution < -0.4 is 5.32 Å². The highest BCUT2D eigenvalue weighted by molar-refractivity contribution is 5.36. The van der Waals surface area contributed by atoms with Gasteiger partial charge < -0.3 is 10.4 Å². The normalized spacial score (nSPS) is 14.1. The van der Waals surface area contributed by atoms with Crippen LogP contribution in [0.1, 0.15) is 37.2 Å². The Kier molecular flexibility index (Phi) is 5.15. The van der Waals surface area contributed by atoms with Gasteiger partial charge in [-0.05, 0) is 46.2 Å². The molecule has 0 aliphatic rings. The topological polar surface area (TPSA) is 50.1 Å². The highest BCUT2D eigenvalue weighted by Gasteiger charge is 2.14. The minimum Gasteiger partial charge on any atom is -0.393 e. The number of hydrogen-bond donors (Lipinski definition) is 2. The Hall–Kier alpha value is -1.65. The zero-order chi connectivity index (χ0) is 15.4. The lowest BCUT2D eigenvalue weighted by atomic mass is 10.1. The largest absolute Gasteiger partial charge is 0.393 e. The third kappa shape index (κ3) is 3.93. The van der Waals surface area contributed by atoms with Crippen molar-refractivity contribution >= 4 is 0 Å². The molecule has 0 bridgehead atoms. The molecule has 4 nitrogen and oxygen atoms in total. The fraction of sp³-hybridized carbons (Fsp3) is 0.471. The standard InChI is InChI=1S/C17H25N3O/c1-12(10-13(2)21)18-11-17-14(3)19-20(15(17)4)16-8-6-5-7-9-16/h5-9,12-13,18,21H,10-11H2,1-4H3. The molecule has 114 valence electrons. The van der Waals surface area contributed by atoms with Gasteiger partial charge in [0.1, 0.15) is 0 Å². The van der Waals surface area contributed by atoms with Crippen LogP contribution in [-0.4, -0.2) is 27.0 Å². The fourth-order valence-corrected chi connectivity index (χ4v) is 2.62. The van der Waals surface area contributed by atoms with E-state index in [1.807, 2.05) is 36.7 Å². The fourth-order valence-electron chi connectivity index (χ4n) is 2.62. The maximum atomic E-state index is 9.43.